The van der Waals surface area contributed by atoms with Gasteiger partial charge in [0.2, 0.25) is 5.91 Å². The lowest BCUT2D eigenvalue weighted by Gasteiger charge is -2.19. The molecular formula is C16H24N2O4. The van der Waals surface area contributed by atoms with E-state index in [4.69, 9.17) is 9.47 Å². The average Bonchev–Trinajstić information content (AvgIpc) is 2.42. The first-order chi connectivity index (χ1) is 10.3. The number of anilines is 1. The molecule has 0 radical (unpaired) electrons. The van der Waals surface area contributed by atoms with Gasteiger partial charge < -0.3 is 20.1 Å². The average molecular weight is 308 g/mol. The van der Waals surface area contributed by atoms with E-state index < -0.39 is 11.7 Å². The molecule has 22 heavy (non-hydrogen) atoms. The fourth-order valence-corrected chi connectivity index (χ4v) is 1.68. The summed E-state index contributed by atoms with van der Waals surface area (Å²) < 4.78 is 10.2. The normalized spacial score (nSPS) is 10.7. The van der Waals surface area contributed by atoms with Crippen molar-refractivity contribution < 1.29 is 19.1 Å². The molecule has 0 aromatic heterocycles. The second-order valence-corrected chi connectivity index (χ2v) is 5.81. The zero-order valence-electron chi connectivity index (χ0n) is 13.6. The first-order valence-corrected chi connectivity index (χ1v) is 7.21. The van der Waals surface area contributed by atoms with Gasteiger partial charge in [-0.05, 0) is 39.3 Å². The van der Waals surface area contributed by atoms with Gasteiger partial charge in [0, 0.05) is 24.7 Å². The molecule has 0 heterocycles. The fourth-order valence-electron chi connectivity index (χ4n) is 1.68. The van der Waals surface area contributed by atoms with Crippen molar-refractivity contribution >= 4 is 17.7 Å². The minimum absolute atomic E-state index is 0.112. The van der Waals surface area contributed by atoms with Crippen LogP contribution in [-0.4, -0.2) is 31.3 Å². The number of benzene rings is 1. The number of carbonyl (C=O) groups excluding carboxylic acids is 2. The summed E-state index contributed by atoms with van der Waals surface area (Å²) >= 11 is 0. The Balaban J connectivity index is 2.25. The summed E-state index contributed by atoms with van der Waals surface area (Å²) in [5.41, 5.74) is 0.165. The van der Waals surface area contributed by atoms with Crippen molar-refractivity contribution in [3.63, 3.8) is 0 Å². The van der Waals surface area contributed by atoms with Crippen molar-refractivity contribution in [1.29, 1.82) is 0 Å². The van der Waals surface area contributed by atoms with Crippen LogP contribution in [0.1, 0.15) is 33.6 Å². The molecule has 122 valence electrons. The summed E-state index contributed by atoms with van der Waals surface area (Å²) in [6.07, 6.45) is 0.378. The van der Waals surface area contributed by atoms with Gasteiger partial charge in [0.15, 0.2) is 0 Å². The Morgan fingerprint density at radius 3 is 2.59 bits per heavy atom. The predicted molar refractivity (Wildman–Crippen MR) is 85.1 cm³/mol. The van der Waals surface area contributed by atoms with Crippen molar-refractivity contribution in [2.75, 3.05) is 19.0 Å². The molecule has 0 spiro atoms. The summed E-state index contributed by atoms with van der Waals surface area (Å²) in [7, 11) is 1.57. The third-order valence-corrected chi connectivity index (χ3v) is 2.60. The number of hydrogen-bond donors (Lipinski definition) is 2. The molecule has 1 aromatic rings. The van der Waals surface area contributed by atoms with E-state index in [2.05, 4.69) is 10.6 Å². The van der Waals surface area contributed by atoms with Crippen LogP contribution in [-0.2, 0) is 9.53 Å². The van der Waals surface area contributed by atoms with Gasteiger partial charge in [-0.1, -0.05) is 6.07 Å². The molecule has 2 N–H and O–H groups in total. The molecule has 0 bridgehead atoms. The minimum Gasteiger partial charge on any atom is -0.497 e. The Kier molecular flexibility index (Phi) is 6.69. The van der Waals surface area contributed by atoms with E-state index in [0.717, 1.165) is 0 Å². The van der Waals surface area contributed by atoms with Gasteiger partial charge in [-0.25, -0.2) is 4.79 Å². The van der Waals surface area contributed by atoms with Gasteiger partial charge in [0.05, 0.1) is 7.11 Å². The number of carbonyl (C=O) groups is 2. The van der Waals surface area contributed by atoms with Crippen molar-refractivity contribution in [2.45, 2.75) is 39.2 Å². The monoisotopic (exact) mass is 308 g/mol. The molecule has 1 rings (SSSR count). The first kappa shape index (κ1) is 17.8. The Hall–Kier alpha value is -2.24. The highest BCUT2D eigenvalue weighted by Crippen LogP contribution is 2.16. The van der Waals surface area contributed by atoms with Crippen LogP contribution in [0.3, 0.4) is 0 Å². The number of rotatable bonds is 6. The third-order valence-electron chi connectivity index (χ3n) is 2.60. The summed E-state index contributed by atoms with van der Waals surface area (Å²) in [5, 5.41) is 5.40. The van der Waals surface area contributed by atoms with E-state index in [0.29, 0.717) is 30.8 Å². The molecule has 0 fully saturated rings. The standard InChI is InChI=1S/C16H24N2O4/c1-16(2,3)22-15(20)17-10-6-9-14(19)18-12-7-5-8-13(11-12)21-4/h5,7-8,11H,6,9-10H2,1-4H3,(H,17,20)(H,18,19). The Labute approximate surface area is 131 Å². The van der Waals surface area contributed by atoms with E-state index in [1.54, 1.807) is 52.1 Å². The van der Waals surface area contributed by atoms with Gasteiger partial charge in [-0.15, -0.1) is 0 Å². The molecule has 0 aliphatic carbocycles. The number of alkyl carbamates (subject to hydrolysis) is 1. The van der Waals surface area contributed by atoms with E-state index in [1.165, 1.54) is 0 Å². The van der Waals surface area contributed by atoms with Crippen molar-refractivity contribution in [3.05, 3.63) is 24.3 Å². The highest BCUT2D eigenvalue weighted by molar-refractivity contribution is 5.90. The smallest absolute Gasteiger partial charge is 0.407 e. The quantitative estimate of drug-likeness (QED) is 0.792. The zero-order chi connectivity index (χ0) is 16.6. The maximum Gasteiger partial charge on any atom is 0.407 e. The van der Waals surface area contributed by atoms with E-state index in [1.807, 2.05) is 0 Å². The zero-order valence-corrected chi connectivity index (χ0v) is 13.6. The second kappa shape index (κ2) is 8.26. The highest BCUT2D eigenvalue weighted by atomic mass is 16.6. The Bertz CT molecular complexity index is 509. The number of ether oxygens (including phenoxy) is 2. The minimum atomic E-state index is -0.520. The molecule has 0 aliphatic heterocycles. The van der Waals surface area contributed by atoms with E-state index >= 15 is 0 Å². The predicted octanol–water partition coefficient (Wildman–Crippen LogP) is 2.94. The first-order valence-electron chi connectivity index (χ1n) is 7.21. The topological polar surface area (TPSA) is 76.7 Å². The van der Waals surface area contributed by atoms with Crippen molar-refractivity contribution in [3.8, 4) is 5.75 Å². The lowest BCUT2D eigenvalue weighted by molar-refractivity contribution is -0.116. The molecule has 2 amide bonds. The van der Waals surface area contributed by atoms with Gasteiger partial charge in [-0.2, -0.15) is 0 Å². The SMILES string of the molecule is COc1cccc(NC(=O)CCCNC(=O)OC(C)(C)C)c1. The second-order valence-electron chi connectivity index (χ2n) is 5.81. The van der Waals surface area contributed by atoms with Crippen molar-refractivity contribution in [2.24, 2.45) is 0 Å². The lowest BCUT2D eigenvalue weighted by Crippen LogP contribution is -2.33. The van der Waals surface area contributed by atoms with Gasteiger partial charge in [-0.3, -0.25) is 4.79 Å². The van der Waals surface area contributed by atoms with Crippen LogP contribution in [0.2, 0.25) is 0 Å². The lowest BCUT2D eigenvalue weighted by atomic mass is 10.2. The maximum absolute atomic E-state index is 11.8. The molecule has 6 heteroatoms. The van der Waals surface area contributed by atoms with Gasteiger partial charge >= 0.3 is 6.09 Å². The van der Waals surface area contributed by atoms with Crippen LogP contribution in [0.15, 0.2) is 24.3 Å². The van der Waals surface area contributed by atoms with Crippen LogP contribution in [0.4, 0.5) is 10.5 Å². The third kappa shape index (κ3) is 7.52. The van der Waals surface area contributed by atoms with Crippen LogP contribution in [0.25, 0.3) is 0 Å². The molecule has 0 aliphatic rings. The maximum atomic E-state index is 11.8. The molecule has 1 aromatic carbocycles. The van der Waals surface area contributed by atoms with Gasteiger partial charge in [0.1, 0.15) is 11.4 Å². The molecular weight excluding hydrogens is 284 g/mol. The number of amides is 2. The van der Waals surface area contributed by atoms with Crippen LogP contribution >= 0.6 is 0 Å². The fraction of sp³-hybridized carbons (Fsp3) is 0.500. The number of methoxy groups -OCH3 is 1. The highest BCUT2D eigenvalue weighted by Gasteiger charge is 2.15. The Morgan fingerprint density at radius 1 is 1.23 bits per heavy atom. The summed E-state index contributed by atoms with van der Waals surface area (Å²) in [6, 6.07) is 7.15. The molecule has 0 atom stereocenters. The summed E-state index contributed by atoms with van der Waals surface area (Å²) in [5.74, 6) is 0.573. The Morgan fingerprint density at radius 2 is 1.95 bits per heavy atom. The summed E-state index contributed by atoms with van der Waals surface area (Å²) in [4.78, 5) is 23.2. The van der Waals surface area contributed by atoms with Gasteiger partial charge in [0.25, 0.3) is 0 Å². The van der Waals surface area contributed by atoms with Crippen molar-refractivity contribution in [1.82, 2.24) is 5.32 Å². The van der Waals surface area contributed by atoms with Crippen LogP contribution in [0, 0.1) is 0 Å². The van der Waals surface area contributed by atoms with Crippen LogP contribution < -0.4 is 15.4 Å². The van der Waals surface area contributed by atoms with E-state index in [-0.39, 0.29) is 5.91 Å². The molecule has 6 nitrogen and oxygen atoms in total. The van der Waals surface area contributed by atoms with Crippen LogP contribution in [0.5, 0.6) is 5.75 Å². The molecule has 0 saturated carbocycles. The molecule has 0 saturated heterocycles. The number of hydrogen-bond acceptors (Lipinski definition) is 4. The largest absolute Gasteiger partial charge is 0.497 e. The summed E-state index contributed by atoms with van der Waals surface area (Å²) in [6.45, 7) is 5.79. The molecule has 0 unspecified atom stereocenters. The number of nitrogens with one attached hydrogen (secondary N) is 2. The van der Waals surface area contributed by atoms with E-state index in [9.17, 15) is 9.59 Å².